The molecule has 25 heavy (non-hydrogen) atoms. The Morgan fingerprint density at radius 3 is 2.28 bits per heavy atom. The maximum absolute atomic E-state index is 12.1. The molecule has 0 saturated heterocycles. The molecule has 0 unspecified atom stereocenters. The van der Waals surface area contributed by atoms with Gasteiger partial charge < -0.3 is 15.1 Å². The van der Waals surface area contributed by atoms with E-state index < -0.39 is 0 Å². The number of furan rings is 1. The predicted molar refractivity (Wildman–Crippen MR) is 99.6 cm³/mol. The molecule has 126 valence electrons. The number of benzene rings is 2. The average molecular weight is 399 g/mol. The Morgan fingerprint density at radius 1 is 0.880 bits per heavy atom. The molecule has 0 aliphatic carbocycles. The molecule has 2 aromatic carbocycles. The zero-order chi connectivity index (χ0) is 17.6. The molecule has 1 aromatic heterocycles. The minimum atomic E-state index is -0.363. The van der Waals surface area contributed by atoms with Gasteiger partial charge in [0, 0.05) is 11.4 Å². The van der Waals surface area contributed by atoms with Crippen LogP contribution in [0.3, 0.4) is 0 Å². The van der Waals surface area contributed by atoms with Gasteiger partial charge in [0.1, 0.15) is 0 Å². The lowest BCUT2D eigenvalue weighted by atomic mass is 10.1. The van der Waals surface area contributed by atoms with Crippen molar-refractivity contribution in [1.29, 1.82) is 0 Å². The van der Waals surface area contributed by atoms with Crippen LogP contribution in [-0.4, -0.2) is 11.8 Å². The first-order chi connectivity index (χ1) is 12.1. The second-order valence-electron chi connectivity index (χ2n) is 5.35. The molecule has 2 N–H and O–H groups in total. The van der Waals surface area contributed by atoms with Crippen molar-refractivity contribution in [2.24, 2.45) is 0 Å². The molecule has 0 radical (unpaired) electrons. The minimum absolute atomic E-state index is 0.121. The molecule has 0 aliphatic heterocycles. The Balaban J connectivity index is 1.63. The van der Waals surface area contributed by atoms with E-state index in [0.717, 1.165) is 5.56 Å². The summed E-state index contributed by atoms with van der Waals surface area (Å²) in [6.45, 7) is 0. The lowest BCUT2D eigenvalue weighted by molar-refractivity contribution is -0.115. The summed E-state index contributed by atoms with van der Waals surface area (Å²) in [7, 11) is 0. The van der Waals surface area contributed by atoms with Crippen molar-refractivity contribution in [2.45, 2.75) is 6.42 Å². The lowest BCUT2D eigenvalue weighted by Gasteiger charge is -2.08. The molecule has 0 saturated carbocycles. The van der Waals surface area contributed by atoms with E-state index in [9.17, 15) is 9.59 Å². The topological polar surface area (TPSA) is 71.3 Å². The van der Waals surface area contributed by atoms with Crippen LogP contribution in [0.4, 0.5) is 11.4 Å². The number of hydrogen-bond acceptors (Lipinski definition) is 3. The number of hydrogen-bond donors (Lipinski definition) is 2. The first-order valence-corrected chi connectivity index (χ1v) is 8.40. The lowest BCUT2D eigenvalue weighted by Crippen LogP contribution is -2.15. The smallest absolute Gasteiger partial charge is 0.291 e. The summed E-state index contributed by atoms with van der Waals surface area (Å²) < 4.78 is 5.70. The first kappa shape index (κ1) is 17.0. The van der Waals surface area contributed by atoms with E-state index in [4.69, 9.17) is 4.42 Å². The Labute approximate surface area is 153 Å². The SMILES string of the molecule is O=C(Cc1ccccc1)Nc1cccc(NC(=O)c2ccc(Br)o2)c1. The van der Waals surface area contributed by atoms with Gasteiger partial charge in [-0.3, -0.25) is 9.59 Å². The highest BCUT2D eigenvalue weighted by atomic mass is 79.9. The second-order valence-corrected chi connectivity index (χ2v) is 6.13. The standard InChI is InChI=1S/C19H15BrN2O3/c20-17-10-9-16(25-17)19(24)22-15-8-4-7-14(12-15)21-18(23)11-13-5-2-1-3-6-13/h1-10,12H,11H2,(H,21,23)(H,22,24). The van der Waals surface area contributed by atoms with Gasteiger partial charge in [0.15, 0.2) is 10.4 Å². The summed E-state index contributed by atoms with van der Waals surface area (Å²) in [4.78, 5) is 24.2. The van der Waals surface area contributed by atoms with Gasteiger partial charge in [-0.25, -0.2) is 0 Å². The molecule has 3 aromatic rings. The first-order valence-electron chi connectivity index (χ1n) is 7.61. The third-order valence-electron chi connectivity index (χ3n) is 3.41. The second kappa shape index (κ2) is 7.81. The van der Waals surface area contributed by atoms with E-state index in [2.05, 4.69) is 26.6 Å². The largest absolute Gasteiger partial charge is 0.444 e. The zero-order valence-electron chi connectivity index (χ0n) is 13.2. The van der Waals surface area contributed by atoms with E-state index in [0.29, 0.717) is 16.0 Å². The van der Waals surface area contributed by atoms with E-state index in [1.807, 2.05) is 30.3 Å². The van der Waals surface area contributed by atoms with E-state index in [-0.39, 0.29) is 24.0 Å². The monoisotopic (exact) mass is 398 g/mol. The molecular weight excluding hydrogens is 384 g/mol. The van der Waals surface area contributed by atoms with Crippen LogP contribution in [0.2, 0.25) is 0 Å². The summed E-state index contributed by atoms with van der Waals surface area (Å²) in [5.41, 5.74) is 2.11. The third kappa shape index (κ3) is 4.81. The van der Waals surface area contributed by atoms with Crippen LogP contribution in [0.25, 0.3) is 0 Å². The van der Waals surface area contributed by atoms with Crippen molar-refractivity contribution in [3.8, 4) is 0 Å². The summed E-state index contributed by atoms with van der Waals surface area (Å²) in [5.74, 6) is -0.284. The van der Waals surface area contributed by atoms with Gasteiger partial charge in [0.25, 0.3) is 5.91 Å². The highest BCUT2D eigenvalue weighted by molar-refractivity contribution is 9.10. The van der Waals surface area contributed by atoms with Crippen LogP contribution in [0.1, 0.15) is 16.1 Å². The van der Waals surface area contributed by atoms with Crippen molar-refractivity contribution in [3.05, 3.63) is 82.7 Å². The fourth-order valence-corrected chi connectivity index (χ4v) is 2.60. The Morgan fingerprint density at radius 2 is 1.60 bits per heavy atom. The maximum atomic E-state index is 12.1. The number of nitrogens with one attached hydrogen (secondary N) is 2. The number of rotatable bonds is 5. The van der Waals surface area contributed by atoms with Crippen molar-refractivity contribution in [3.63, 3.8) is 0 Å². The van der Waals surface area contributed by atoms with E-state index >= 15 is 0 Å². The predicted octanol–water partition coefficient (Wildman–Crippen LogP) is 4.48. The van der Waals surface area contributed by atoms with Crippen LogP contribution < -0.4 is 10.6 Å². The number of carbonyl (C=O) groups is 2. The molecule has 0 bridgehead atoms. The number of anilines is 2. The molecule has 6 heteroatoms. The highest BCUT2D eigenvalue weighted by Gasteiger charge is 2.11. The summed E-state index contributed by atoms with van der Waals surface area (Å²) in [6.07, 6.45) is 0.290. The molecule has 0 aliphatic rings. The normalized spacial score (nSPS) is 10.3. The minimum Gasteiger partial charge on any atom is -0.444 e. The Kier molecular flexibility index (Phi) is 5.30. The van der Waals surface area contributed by atoms with Crippen LogP contribution in [0, 0.1) is 0 Å². The molecule has 3 rings (SSSR count). The molecular formula is C19H15BrN2O3. The van der Waals surface area contributed by atoms with Gasteiger partial charge in [0.2, 0.25) is 5.91 Å². The fraction of sp³-hybridized carbons (Fsp3) is 0.0526. The third-order valence-corrected chi connectivity index (χ3v) is 3.83. The van der Waals surface area contributed by atoms with Crippen LogP contribution >= 0.6 is 15.9 Å². The molecule has 0 spiro atoms. The van der Waals surface area contributed by atoms with Gasteiger partial charge in [0.05, 0.1) is 6.42 Å². The molecule has 2 amide bonds. The Hall–Kier alpha value is -2.86. The molecule has 5 nitrogen and oxygen atoms in total. The van der Waals surface area contributed by atoms with Crippen LogP contribution in [-0.2, 0) is 11.2 Å². The fourth-order valence-electron chi connectivity index (χ4n) is 2.29. The van der Waals surface area contributed by atoms with Crippen LogP contribution in [0.5, 0.6) is 0 Å². The molecule has 0 fully saturated rings. The van der Waals surface area contributed by atoms with E-state index in [1.54, 1.807) is 36.4 Å². The van der Waals surface area contributed by atoms with Gasteiger partial charge >= 0.3 is 0 Å². The van der Waals surface area contributed by atoms with Crippen molar-refractivity contribution in [1.82, 2.24) is 0 Å². The van der Waals surface area contributed by atoms with Gasteiger partial charge in [-0.05, 0) is 51.8 Å². The maximum Gasteiger partial charge on any atom is 0.291 e. The number of amides is 2. The average Bonchev–Trinajstić information content (AvgIpc) is 3.02. The van der Waals surface area contributed by atoms with Gasteiger partial charge in [-0.2, -0.15) is 0 Å². The molecule has 1 heterocycles. The highest BCUT2D eigenvalue weighted by Crippen LogP contribution is 2.19. The van der Waals surface area contributed by atoms with Crippen molar-refractivity contribution < 1.29 is 14.0 Å². The summed E-state index contributed by atoms with van der Waals surface area (Å²) in [5, 5.41) is 5.56. The number of carbonyl (C=O) groups excluding carboxylic acids is 2. The van der Waals surface area contributed by atoms with Crippen molar-refractivity contribution >= 4 is 39.1 Å². The summed E-state index contributed by atoms with van der Waals surface area (Å²) in [6, 6.07) is 19.7. The van der Waals surface area contributed by atoms with Gasteiger partial charge in [-0.15, -0.1) is 0 Å². The quantitative estimate of drug-likeness (QED) is 0.665. The molecule has 0 atom stereocenters. The summed E-state index contributed by atoms with van der Waals surface area (Å²) >= 11 is 3.16. The van der Waals surface area contributed by atoms with Crippen molar-refractivity contribution in [2.75, 3.05) is 10.6 Å². The van der Waals surface area contributed by atoms with Gasteiger partial charge in [-0.1, -0.05) is 36.4 Å². The van der Waals surface area contributed by atoms with Crippen LogP contribution in [0.15, 0.2) is 75.8 Å². The van der Waals surface area contributed by atoms with E-state index in [1.165, 1.54) is 0 Å². The number of halogens is 1. The zero-order valence-corrected chi connectivity index (χ0v) is 14.7. The Bertz CT molecular complexity index is 890.